The fraction of sp³-hybridized carbons (Fsp3) is 0.333. The quantitative estimate of drug-likeness (QED) is 0.787. The summed E-state index contributed by atoms with van der Waals surface area (Å²) < 4.78 is 5.17. The van der Waals surface area contributed by atoms with Crippen LogP contribution in [0.5, 0.6) is 5.75 Å². The number of hydrogen-bond donors (Lipinski definition) is 0. The van der Waals surface area contributed by atoms with Gasteiger partial charge in [-0.1, -0.05) is 24.3 Å². The first-order valence-corrected chi connectivity index (χ1v) is 7.08. The van der Waals surface area contributed by atoms with E-state index in [1.165, 1.54) is 23.2 Å². The van der Waals surface area contributed by atoms with E-state index in [1.54, 1.807) is 7.11 Å². The van der Waals surface area contributed by atoms with E-state index in [0.717, 1.165) is 18.6 Å². The van der Waals surface area contributed by atoms with Crippen molar-refractivity contribution in [1.82, 2.24) is 0 Å². The number of benzene rings is 2. The molecule has 0 saturated heterocycles. The van der Waals surface area contributed by atoms with Crippen molar-refractivity contribution in [3.05, 3.63) is 59.7 Å². The van der Waals surface area contributed by atoms with Gasteiger partial charge in [0.2, 0.25) is 0 Å². The Bertz CT molecular complexity index is 514. The van der Waals surface area contributed by atoms with Crippen LogP contribution in [0.25, 0.3) is 0 Å². The van der Waals surface area contributed by atoms with Crippen molar-refractivity contribution in [1.29, 1.82) is 0 Å². The molecule has 0 atom stereocenters. The molecule has 0 amide bonds. The molecule has 0 aliphatic heterocycles. The van der Waals surface area contributed by atoms with Gasteiger partial charge in [-0.3, -0.25) is 0 Å². The molecule has 0 aromatic heterocycles. The third-order valence-electron chi connectivity index (χ3n) is 3.54. The lowest BCUT2D eigenvalue weighted by Crippen LogP contribution is -2.08. The van der Waals surface area contributed by atoms with Gasteiger partial charge in [0, 0.05) is 19.8 Å². The maximum atomic E-state index is 5.17. The van der Waals surface area contributed by atoms with Crippen molar-refractivity contribution in [3.8, 4) is 5.75 Å². The fourth-order valence-electron chi connectivity index (χ4n) is 2.25. The summed E-state index contributed by atoms with van der Waals surface area (Å²) in [7, 11) is 5.84. The smallest absolute Gasteiger partial charge is 0.118 e. The second kappa shape index (κ2) is 6.99. The molecule has 0 spiro atoms. The molecule has 0 aliphatic rings. The van der Waals surface area contributed by atoms with Crippen molar-refractivity contribution in [2.75, 3.05) is 26.1 Å². The van der Waals surface area contributed by atoms with Crippen LogP contribution < -0.4 is 9.64 Å². The topological polar surface area (TPSA) is 12.5 Å². The second-order valence-electron chi connectivity index (χ2n) is 5.26. The van der Waals surface area contributed by atoms with Gasteiger partial charge in [-0.2, -0.15) is 0 Å². The van der Waals surface area contributed by atoms with Crippen LogP contribution >= 0.6 is 0 Å². The molecule has 0 bridgehead atoms. The molecule has 2 heteroatoms. The second-order valence-corrected chi connectivity index (χ2v) is 5.26. The Morgan fingerprint density at radius 2 is 1.30 bits per heavy atom. The lowest BCUT2D eigenvalue weighted by Gasteiger charge is -2.12. The lowest BCUT2D eigenvalue weighted by molar-refractivity contribution is 0.414. The highest BCUT2D eigenvalue weighted by Gasteiger charge is 1.98. The van der Waals surface area contributed by atoms with Crippen molar-refractivity contribution in [2.24, 2.45) is 0 Å². The summed E-state index contributed by atoms with van der Waals surface area (Å²) in [6.45, 7) is 0. The minimum absolute atomic E-state index is 0.924. The number of aryl methyl sites for hydroxylation is 2. The third-order valence-corrected chi connectivity index (χ3v) is 3.54. The first-order valence-electron chi connectivity index (χ1n) is 7.08. The van der Waals surface area contributed by atoms with E-state index in [-0.39, 0.29) is 0 Å². The minimum Gasteiger partial charge on any atom is -0.497 e. The lowest BCUT2D eigenvalue weighted by atomic mass is 10.0. The SMILES string of the molecule is COc1ccc(CCCc2ccc(N(C)C)cc2)cc1. The van der Waals surface area contributed by atoms with E-state index in [9.17, 15) is 0 Å². The maximum absolute atomic E-state index is 5.17. The van der Waals surface area contributed by atoms with Gasteiger partial charge in [-0.05, 0) is 54.7 Å². The van der Waals surface area contributed by atoms with E-state index in [4.69, 9.17) is 4.74 Å². The molecule has 0 radical (unpaired) electrons. The zero-order chi connectivity index (χ0) is 14.4. The van der Waals surface area contributed by atoms with Gasteiger partial charge in [0.25, 0.3) is 0 Å². The van der Waals surface area contributed by atoms with Gasteiger partial charge in [-0.15, -0.1) is 0 Å². The number of rotatable bonds is 6. The van der Waals surface area contributed by atoms with Crippen LogP contribution in [0.3, 0.4) is 0 Å². The molecule has 0 saturated carbocycles. The van der Waals surface area contributed by atoms with E-state index in [1.807, 2.05) is 12.1 Å². The summed E-state index contributed by atoms with van der Waals surface area (Å²) >= 11 is 0. The van der Waals surface area contributed by atoms with Crippen LogP contribution in [0.1, 0.15) is 17.5 Å². The Hall–Kier alpha value is -1.96. The highest BCUT2D eigenvalue weighted by atomic mass is 16.5. The van der Waals surface area contributed by atoms with Crippen LogP contribution in [0.15, 0.2) is 48.5 Å². The summed E-state index contributed by atoms with van der Waals surface area (Å²) in [5.41, 5.74) is 4.03. The van der Waals surface area contributed by atoms with Gasteiger partial charge in [0.1, 0.15) is 5.75 Å². The molecule has 0 unspecified atom stereocenters. The van der Waals surface area contributed by atoms with Gasteiger partial charge in [0.05, 0.1) is 7.11 Å². The zero-order valence-electron chi connectivity index (χ0n) is 12.6. The van der Waals surface area contributed by atoms with Gasteiger partial charge < -0.3 is 9.64 Å². The van der Waals surface area contributed by atoms with Crippen LogP contribution in [0.4, 0.5) is 5.69 Å². The normalized spacial score (nSPS) is 10.3. The molecule has 0 aliphatic carbocycles. The summed E-state index contributed by atoms with van der Waals surface area (Å²) in [5.74, 6) is 0.924. The molecule has 2 aromatic rings. The van der Waals surface area contributed by atoms with Gasteiger partial charge >= 0.3 is 0 Å². The standard InChI is InChI=1S/C18H23NO/c1-19(2)17-11-7-15(8-12-17)5-4-6-16-9-13-18(20-3)14-10-16/h7-14H,4-6H2,1-3H3. The Balaban J connectivity index is 1.82. The van der Waals surface area contributed by atoms with Crippen LogP contribution in [0, 0.1) is 0 Å². The summed E-state index contributed by atoms with van der Waals surface area (Å²) in [5, 5.41) is 0. The van der Waals surface area contributed by atoms with Crippen LogP contribution in [-0.2, 0) is 12.8 Å². The number of ether oxygens (including phenoxy) is 1. The first kappa shape index (κ1) is 14.4. The fourth-order valence-corrected chi connectivity index (χ4v) is 2.25. The Morgan fingerprint density at radius 3 is 1.75 bits per heavy atom. The molecule has 20 heavy (non-hydrogen) atoms. The first-order chi connectivity index (χ1) is 9.69. The van der Waals surface area contributed by atoms with Gasteiger partial charge in [0.15, 0.2) is 0 Å². The summed E-state index contributed by atoms with van der Waals surface area (Å²) in [6, 6.07) is 17.2. The molecule has 2 rings (SSSR count). The molecule has 2 aromatic carbocycles. The average Bonchev–Trinajstić information content (AvgIpc) is 2.48. The van der Waals surface area contributed by atoms with Crippen LogP contribution in [-0.4, -0.2) is 21.2 Å². The predicted octanol–water partition coefficient (Wildman–Crippen LogP) is 3.94. The minimum atomic E-state index is 0.924. The molecule has 0 fully saturated rings. The summed E-state index contributed by atoms with van der Waals surface area (Å²) in [4.78, 5) is 2.13. The van der Waals surface area contributed by atoms with E-state index < -0.39 is 0 Å². The van der Waals surface area contributed by atoms with Crippen LogP contribution in [0.2, 0.25) is 0 Å². The number of anilines is 1. The molecule has 0 heterocycles. The van der Waals surface area contributed by atoms with Crippen molar-refractivity contribution < 1.29 is 4.74 Å². The van der Waals surface area contributed by atoms with Gasteiger partial charge in [-0.25, -0.2) is 0 Å². The monoisotopic (exact) mass is 269 g/mol. The van der Waals surface area contributed by atoms with Crippen molar-refractivity contribution in [3.63, 3.8) is 0 Å². The molecule has 2 nitrogen and oxygen atoms in total. The molecule has 106 valence electrons. The van der Waals surface area contributed by atoms with E-state index in [0.29, 0.717) is 0 Å². The number of hydrogen-bond acceptors (Lipinski definition) is 2. The number of nitrogens with zero attached hydrogens (tertiary/aromatic N) is 1. The highest BCUT2D eigenvalue weighted by Crippen LogP contribution is 2.16. The predicted molar refractivity (Wildman–Crippen MR) is 85.8 cm³/mol. The summed E-state index contributed by atoms with van der Waals surface area (Å²) in [6.07, 6.45) is 3.41. The Morgan fingerprint density at radius 1 is 0.800 bits per heavy atom. The van der Waals surface area contributed by atoms with E-state index in [2.05, 4.69) is 55.4 Å². The Kier molecular flexibility index (Phi) is 5.05. The Labute approximate surface area is 122 Å². The highest BCUT2D eigenvalue weighted by molar-refractivity contribution is 5.46. The maximum Gasteiger partial charge on any atom is 0.118 e. The molecule has 0 N–H and O–H groups in total. The molecular weight excluding hydrogens is 246 g/mol. The molecular formula is C18H23NO. The third kappa shape index (κ3) is 4.02. The average molecular weight is 269 g/mol. The largest absolute Gasteiger partial charge is 0.497 e. The van der Waals surface area contributed by atoms with E-state index >= 15 is 0 Å². The number of methoxy groups -OCH3 is 1. The zero-order valence-corrected chi connectivity index (χ0v) is 12.6. The van der Waals surface area contributed by atoms with Crippen molar-refractivity contribution in [2.45, 2.75) is 19.3 Å². The van der Waals surface area contributed by atoms with Crippen molar-refractivity contribution >= 4 is 5.69 Å².